The minimum absolute atomic E-state index is 0.0627. The molecule has 124 valence electrons. The minimum Gasteiger partial charge on any atom is -0.370 e. The molecule has 1 atom stereocenters. The Labute approximate surface area is 141 Å². The third-order valence-electron chi connectivity index (χ3n) is 4.78. The molecule has 24 heavy (non-hydrogen) atoms. The van der Waals surface area contributed by atoms with Crippen molar-refractivity contribution in [2.24, 2.45) is 0 Å². The lowest BCUT2D eigenvalue weighted by Gasteiger charge is -2.20. The number of rotatable bonds is 4. The zero-order valence-corrected chi connectivity index (χ0v) is 13.6. The standard InChI is InChI=1S/C19H21N3O2/c23-19(16-7-8-20-11-17(16)22-9-3-4-10-22)21-12-18-15-6-2-1-5-14(15)13-24-18/h1-2,5-8,11,18H,3-4,9-10,12-13H2,(H,21,23). The monoisotopic (exact) mass is 323 g/mol. The SMILES string of the molecule is O=C(NCC1OCc2ccccc21)c1ccncc1N1CCCC1. The Morgan fingerprint density at radius 3 is 2.96 bits per heavy atom. The molecule has 1 aromatic heterocycles. The molecule has 1 unspecified atom stereocenters. The number of nitrogens with one attached hydrogen (secondary N) is 1. The van der Waals surface area contributed by atoms with Crippen molar-refractivity contribution in [3.63, 3.8) is 0 Å². The number of hydrogen-bond donors (Lipinski definition) is 1. The molecular formula is C19H21N3O2. The van der Waals surface area contributed by atoms with E-state index in [0.29, 0.717) is 18.7 Å². The first-order valence-electron chi connectivity index (χ1n) is 8.49. The van der Waals surface area contributed by atoms with Gasteiger partial charge in [0, 0.05) is 25.8 Å². The van der Waals surface area contributed by atoms with Gasteiger partial charge in [0.2, 0.25) is 0 Å². The van der Waals surface area contributed by atoms with Crippen molar-refractivity contribution >= 4 is 11.6 Å². The molecule has 1 N–H and O–H groups in total. The third-order valence-corrected chi connectivity index (χ3v) is 4.78. The van der Waals surface area contributed by atoms with E-state index in [1.54, 1.807) is 18.5 Å². The van der Waals surface area contributed by atoms with Crippen LogP contribution >= 0.6 is 0 Å². The number of fused-ring (bicyclic) bond motifs is 1. The van der Waals surface area contributed by atoms with E-state index >= 15 is 0 Å². The van der Waals surface area contributed by atoms with Crippen LogP contribution in [0.2, 0.25) is 0 Å². The lowest BCUT2D eigenvalue weighted by Crippen LogP contribution is -2.30. The summed E-state index contributed by atoms with van der Waals surface area (Å²) in [6, 6.07) is 9.97. The van der Waals surface area contributed by atoms with E-state index in [-0.39, 0.29) is 12.0 Å². The quantitative estimate of drug-likeness (QED) is 0.940. The van der Waals surface area contributed by atoms with E-state index in [0.717, 1.165) is 18.8 Å². The molecule has 0 saturated carbocycles. The van der Waals surface area contributed by atoms with Gasteiger partial charge in [-0.2, -0.15) is 0 Å². The molecule has 5 heteroatoms. The maximum absolute atomic E-state index is 12.7. The molecule has 1 fully saturated rings. The first-order valence-corrected chi connectivity index (χ1v) is 8.49. The van der Waals surface area contributed by atoms with Crippen LogP contribution in [0, 0.1) is 0 Å². The van der Waals surface area contributed by atoms with Crippen LogP contribution in [0.15, 0.2) is 42.7 Å². The lowest BCUT2D eigenvalue weighted by atomic mass is 10.1. The second kappa shape index (κ2) is 6.61. The third kappa shape index (κ3) is 2.87. The highest BCUT2D eigenvalue weighted by atomic mass is 16.5. The zero-order valence-electron chi connectivity index (χ0n) is 13.6. The molecule has 2 aromatic rings. The summed E-state index contributed by atoms with van der Waals surface area (Å²) in [5.41, 5.74) is 4.00. The first kappa shape index (κ1) is 15.1. The molecule has 5 nitrogen and oxygen atoms in total. The maximum Gasteiger partial charge on any atom is 0.253 e. The van der Waals surface area contributed by atoms with Crippen molar-refractivity contribution in [3.05, 3.63) is 59.4 Å². The molecule has 1 saturated heterocycles. The fourth-order valence-corrected chi connectivity index (χ4v) is 3.50. The second-order valence-corrected chi connectivity index (χ2v) is 6.30. The fourth-order valence-electron chi connectivity index (χ4n) is 3.50. The van der Waals surface area contributed by atoms with Crippen LogP contribution in [0.1, 0.15) is 40.4 Å². The lowest BCUT2D eigenvalue weighted by molar-refractivity contribution is 0.0618. The highest BCUT2D eigenvalue weighted by Gasteiger charge is 2.24. The smallest absolute Gasteiger partial charge is 0.253 e. The number of benzene rings is 1. The molecule has 2 aliphatic heterocycles. The summed E-state index contributed by atoms with van der Waals surface area (Å²) in [5, 5.41) is 3.03. The number of amides is 1. The van der Waals surface area contributed by atoms with Crippen molar-refractivity contribution in [1.82, 2.24) is 10.3 Å². The molecule has 3 heterocycles. The molecule has 0 aliphatic carbocycles. The van der Waals surface area contributed by atoms with Gasteiger partial charge in [-0.25, -0.2) is 0 Å². The molecule has 1 aromatic carbocycles. The molecule has 4 rings (SSSR count). The number of nitrogens with zero attached hydrogens (tertiary/aromatic N) is 2. The predicted molar refractivity (Wildman–Crippen MR) is 92.0 cm³/mol. The van der Waals surface area contributed by atoms with Crippen molar-refractivity contribution in [3.8, 4) is 0 Å². The summed E-state index contributed by atoms with van der Waals surface area (Å²) in [6.07, 6.45) is 5.74. The van der Waals surface area contributed by atoms with E-state index in [9.17, 15) is 4.79 Å². The van der Waals surface area contributed by atoms with Crippen LogP contribution in [0.25, 0.3) is 0 Å². The van der Waals surface area contributed by atoms with E-state index in [1.807, 2.05) is 12.1 Å². The van der Waals surface area contributed by atoms with Gasteiger partial charge in [0.15, 0.2) is 0 Å². The largest absolute Gasteiger partial charge is 0.370 e. The summed E-state index contributed by atoms with van der Waals surface area (Å²) in [6.45, 7) is 3.08. The van der Waals surface area contributed by atoms with Crippen LogP contribution in [-0.4, -0.2) is 30.5 Å². The Hall–Kier alpha value is -2.40. The Kier molecular flexibility index (Phi) is 4.17. The predicted octanol–water partition coefficient (Wildman–Crippen LogP) is 2.68. The highest BCUT2D eigenvalue weighted by molar-refractivity contribution is 5.99. The maximum atomic E-state index is 12.7. The van der Waals surface area contributed by atoms with E-state index in [2.05, 4.69) is 27.3 Å². The van der Waals surface area contributed by atoms with Gasteiger partial charge in [-0.3, -0.25) is 9.78 Å². The van der Waals surface area contributed by atoms with Crippen molar-refractivity contribution < 1.29 is 9.53 Å². The summed E-state index contributed by atoms with van der Waals surface area (Å²) in [5.74, 6) is -0.0627. The number of hydrogen-bond acceptors (Lipinski definition) is 4. The van der Waals surface area contributed by atoms with Gasteiger partial charge >= 0.3 is 0 Å². The number of aromatic nitrogens is 1. The number of pyridine rings is 1. The van der Waals surface area contributed by atoms with Crippen molar-refractivity contribution in [2.45, 2.75) is 25.6 Å². The number of anilines is 1. The molecule has 0 spiro atoms. The summed E-state index contributed by atoms with van der Waals surface area (Å²) in [4.78, 5) is 19.1. The molecular weight excluding hydrogens is 302 g/mol. The fraction of sp³-hybridized carbons (Fsp3) is 0.368. The van der Waals surface area contributed by atoms with Gasteiger partial charge in [-0.15, -0.1) is 0 Å². The van der Waals surface area contributed by atoms with Gasteiger partial charge in [0.1, 0.15) is 6.10 Å². The molecule has 0 radical (unpaired) electrons. The molecule has 2 aliphatic rings. The topological polar surface area (TPSA) is 54.5 Å². The zero-order chi connectivity index (χ0) is 16.4. The Morgan fingerprint density at radius 1 is 1.25 bits per heavy atom. The van der Waals surface area contributed by atoms with Crippen molar-refractivity contribution in [2.75, 3.05) is 24.5 Å². The normalized spacial score (nSPS) is 19.3. The average Bonchev–Trinajstić information content (AvgIpc) is 3.30. The van der Waals surface area contributed by atoms with E-state index in [4.69, 9.17) is 4.74 Å². The Bertz CT molecular complexity index is 741. The van der Waals surface area contributed by atoms with Gasteiger partial charge in [-0.1, -0.05) is 24.3 Å². The minimum atomic E-state index is -0.0674. The highest BCUT2D eigenvalue weighted by Crippen LogP contribution is 2.30. The van der Waals surface area contributed by atoms with Crippen LogP contribution in [0.4, 0.5) is 5.69 Å². The Balaban J connectivity index is 1.46. The molecule has 1 amide bonds. The Morgan fingerprint density at radius 2 is 2.08 bits per heavy atom. The van der Waals surface area contributed by atoms with Crippen LogP contribution in [-0.2, 0) is 11.3 Å². The van der Waals surface area contributed by atoms with E-state index < -0.39 is 0 Å². The van der Waals surface area contributed by atoms with Gasteiger partial charge in [0.05, 0.1) is 24.1 Å². The first-order chi connectivity index (χ1) is 11.8. The summed E-state index contributed by atoms with van der Waals surface area (Å²) < 4.78 is 5.80. The van der Waals surface area contributed by atoms with E-state index in [1.165, 1.54) is 24.0 Å². The van der Waals surface area contributed by atoms with Gasteiger partial charge in [0.25, 0.3) is 5.91 Å². The van der Waals surface area contributed by atoms with Crippen molar-refractivity contribution in [1.29, 1.82) is 0 Å². The van der Waals surface area contributed by atoms with Crippen LogP contribution in [0.3, 0.4) is 0 Å². The summed E-state index contributed by atoms with van der Waals surface area (Å²) >= 11 is 0. The van der Waals surface area contributed by atoms with Crippen LogP contribution < -0.4 is 10.2 Å². The van der Waals surface area contributed by atoms with Gasteiger partial charge < -0.3 is 15.0 Å². The summed E-state index contributed by atoms with van der Waals surface area (Å²) in [7, 11) is 0. The number of carbonyl (C=O) groups excluding carboxylic acids is 1. The second-order valence-electron chi connectivity index (χ2n) is 6.30. The average molecular weight is 323 g/mol. The number of ether oxygens (including phenoxy) is 1. The molecule has 0 bridgehead atoms. The number of carbonyl (C=O) groups is 1. The van der Waals surface area contributed by atoms with Crippen LogP contribution in [0.5, 0.6) is 0 Å². The van der Waals surface area contributed by atoms with Gasteiger partial charge in [-0.05, 0) is 30.0 Å².